The predicted octanol–water partition coefficient (Wildman–Crippen LogP) is 4.87. The van der Waals surface area contributed by atoms with Crippen molar-refractivity contribution in [3.05, 3.63) is 83.7 Å². The summed E-state index contributed by atoms with van der Waals surface area (Å²) in [7, 11) is 2.11. The van der Waals surface area contributed by atoms with Gasteiger partial charge in [0.05, 0.1) is 22.1 Å². The molecule has 2 nitrogen and oxygen atoms in total. The Kier molecular flexibility index (Phi) is 3.23. The van der Waals surface area contributed by atoms with Gasteiger partial charge in [0, 0.05) is 17.8 Å². The average Bonchev–Trinajstić information content (AvgIpc) is 2.59. The van der Waals surface area contributed by atoms with E-state index >= 15 is 0 Å². The van der Waals surface area contributed by atoms with Crippen LogP contribution in [0.3, 0.4) is 0 Å². The Balaban J connectivity index is 2.21. The minimum Gasteiger partial charge on any atom is -0.344 e. The third-order valence-corrected chi connectivity index (χ3v) is 4.28. The molecule has 0 atom stereocenters. The molecule has 0 radical (unpaired) electrons. The van der Waals surface area contributed by atoms with Gasteiger partial charge in [-0.05, 0) is 36.8 Å². The van der Waals surface area contributed by atoms with Gasteiger partial charge < -0.3 is 4.57 Å². The minimum atomic E-state index is 0.995. The maximum Gasteiger partial charge on any atom is 0.0823 e. The molecular weight excluding hydrogens is 280 g/mol. The summed E-state index contributed by atoms with van der Waals surface area (Å²) in [4.78, 5) is 4.99. The molecule has 0 fully saturated rings. The van der Waals surface area contributed by atoms with Gasteiger partial charge in [0.1, 0.15) is 0 Å². The van der Waals surface area contributed by atoms with Gasteiger partial charge in [-0.1, -0.05) is 48.5 Å². The van der Waals surface area contributed by atoms with Crippen LogP contribution in [-0.2, 0) is 7.05 Å². The molecule has 0 unspecified atom stereocenters. The normalized spacial score (nSPS) is 11.0. The first-order chi connectivity index (χ1) is 11.2. The Morgan fingerprint density at radius 2 is 1.35 bits per heavy atom. The lowest BCUT2D eigenvalue weighted by Gasteiger charge is -2.11. The molecule has 4 rings (SSSR count). The van der Waals surface area contributed by atoms with Crippen molar-refractivity contribution in [3.63, 3.8) is 0 Å². The molecule has 1 heterocycles. The SMILES string of the molecule is Cc1cccc(N=c2c3ccccc3n(C)c3ccccc23)c1. The Hall–Kier alpha value is -2.87. The van der Waals surface area contributed by atoms with Crippen LogP contribution in [0.4, 0.5) is 5.69 Å². The van der Waals surface area contributed by atoms with E-state index in [9.17, 15) is 0 Å². The highest BCUT2D eigenvalue weighted by Crippen LogP contribution is 2.20. The zero-order chi connectivity index (χ0) is 15.8. The summed E-state index contributed by atoms with van der Waals surface area (Å²) in [6.07, 6.45) is 0. The van der Waals surface area contributed by atoms with Gasteiger partial charge in [-0.15, -0.1) is 0 Å². The van der Waals surface area contributed by atoms with E-state index in [2.05, 4.69) is 91.3 Å². The number of rotatable bonds is 1. The number of pyridine rings is 1. The van der Waals surface area contributed by atoms with E-state index in [1.54, 1.807) is 0 Å². The van der Waals surface area contributed by atoms with E-state index in [0.717, 1.165) is 11.0 Å². The van der Waals surface area contributed by atoms with Crippen molar-refractivity contribution < 1.29 is 0 Å². The number of nitrogens with zero attached hydrogens (tertiary/aromatic N) is 2. The second-order valence-electron chi connectivity index (χ2n) is 5.89. The van der Waals surface area contributed by atoms with Crippen molar-refractivity contribution in [2.45, 2.75) is 6.92 Å². The molecule has 0 aliphatic rings. The van der Waals surface area contributed by atoms with Gasteiger partial charge in [-0.2, -0.15) is 0 Å². The van der Waals surface area contributed by atoms with Crippen LogP contribution >= 0.6 is 0 Å². The molecule has 1 aromatic heterocycles. The molecule has 3 aromatic carbocycles. The van der Waals surface area contributed by atoms with Crippen molar-refractivity contribution in [2.24, 2.45) is 12.0 Å². The fourth-order valence-electron chi connectivity index (χ4n) is 3.15. The fraction of sp³-hybridized carbons (Fsp3) is 0.0952. The summed E-state index contributed by atoms with van der Waals surface area (Å²) < 4.78 is 2.24. The third-order valence-electron chi connectivity index (χ3n) is 4.28. The Labute approximate surface area is 135 Å². The third kappa shape index (κ3) is 2.33. The van der Waals surface area contributed by atoms with Crippen LogP contribution in [0.15, 0.2) is 77.8 Å². The van der Waals surface area contributed by atoms with Crippen molar-refractivity contribution in [3.8, 4) is 0 Å². The molecule has 0 N–H and O–H groups in total. The van der Waals surface area contributed by atoms with E-state index in [1.807, 2.05) is 0 Å². The summed E-state index contributed by atoms with van der Waals surface area (Å²) in [5.41, 5.74) is 4.60. The number of aryl methyl sites for hydroxylation is 2. The first-order valence-electron chi connectivity index (χ1n) is 7.82. The van der Waals surface area contributed by atoms with Gasteiger partial charge in [0.25, 0.3) is 0 Å². The summed E-state index contributed by atoms with van der Waals surface area (Å²) in [5.74, 6) is 0. The highest BCUT2D eigenvalue weighted by Gasteiger charge is 2.06. The van der Waals surface area contributed by atoms with Crippen LogP contribution in [-0.4, -0.2) is 4.57 Å². The first-order valence-corrected chi connectivity index (χ1v) is 7.82. The van der Waals surface area contributed by atoms with E-state index in [4.69, 9.17) is 4.99 Å². The maximum atomic E-state index is 4.99. The average molecular weight is 298 g/mol. The molecule has 23 heavy (non-hydrogen) atoms. The van der Waals surface area contributed by atoms with E-state index < -0.39 is 0 Å². The van der Waals surface area contributed by atoms with Gasteiger partial charge >= 0.3 is 0 Å². The molecule has 0 saturated carbocycles. The molecular formula is C21H18N2. The van der Waals surface area contributed by atoms with Crippen LogP contribution in [0.5, 0.6) is 0 Å². The molecule has 0 amide bonds. The monoisotopic (exact) mass is 298 g/mol. The highest BCUT2D eigenvalue weighted by molar-refractivity contribution is 5.93. The zero-order valence-corrected chi connectivity index (χ0v) is 13.3. The summed E-state index contributed by atoms with van der Waals surface area (Å²) in [6, 6.07) is 25.2. The molecule has 4 aromatic rings. The van der Waals surface area contributed by atoms with Crippen LogP contribution in [0, 0.1) is 6.92 Å². The summed E-state index contributed by atoms with van der Waals surface area (Å²) in [6.45, 7) is 2.10. The standard InChI is InChI=1S/C21H18N2/c1-15-8-7-9-16(14-15)22-21-17-10-3-5-12-19(17)23(2)20-13-6-4-11-18(20)21/h3-14H,1-2H3. The van der Waals surface area contributed by atoms with Gasteiger partial charge in [0.2, 0.25) is 0 Å². The van der Waals surface area contributed by atoms with Crippen molar-refractivity contribution in [2.75, 3.05) is 0 Å². The topological polar surface area (TPSA) is 17.3 Å². The molecule has 0 aliphatic carbocycles. The molecule has 0 saturated heterocycles. The molecule has 112 valence electrons. The van der Waals surface area contributed by atoms with E-state index in [-0.39, 0.29) is 0 Å². The van der Waals surface area contributed by atoms with Gasteiger partial charge in [-0.3, -0.25) is 0 Å². The molecule has 0 spiro atoms. The van der Waals surface area contributed by atoms with Gasteiger partial charge in [-0.25, -0.2) is 4.99 Å². The molecule has 0 aliphatic heterocycles. The first kappa shape index (κ1) is 13.8. The van der Waals surface area contributed by atoms with E-state index in [1.165, 1.54) is 27.4 Å². The van der Waals surface area contributed by atoms with Crippen molar-refractivity contribution >= 4 is 27.5 Å². The van der Waals surface area contributed by atoms with Crippen LogP contribution in [0.1, 0.15) is 5.56 Å². The second kappa shape index (κ2) is 5.40. The highest BCUT2D eigenvalue weighted by atomic mass is 14.9. The lowest BCUT2D eigenvalue weighted by molar-refractivity contribution is 1.00. The molecule has 0 bridgehead atoms. The lowest BCUT2D eigenvalue weighted by atomic mass is 10.1. The summed E-state index contributed by atoms with van der Waals surface area (Å²) in [5, 5.41) is 3.39. The zero-order valence-electron chi connectivity index (χ0n) is 13.3. The second-order valence-corrected chi connectivity index (χ2v) is 5.89. The van der Waals surface area contributed by atoms with Crippen LogP contribution in [0.25, 0.3) is 21.8 Å². The number of para-hydroxylation sites is 2. The lowest BCUT2D eigenvalue weighted by Crippen LogP contribution is -2.10. The number of hydrogen-bond acceptors (Lipinski definition) is 1. The minimum absolute atomic E-state index is 0.995. The quantitative estimate of drug-likeness (QED) is 0.446. The van der Waals surface area contributed by atoms with Crippen molar-refractivity contribution in [1.29, 1.82) is 0 Å². The fourth-order valence-corrected chi connectivity index (χ4v) is 3.15. The number of hydrogen-bond donors (Lipinski definition) is 0. The molecule has 2 heteroatoms. The van der Waals surface area contributed by atoms with E-state index in [0.29, 0.717) is 0 Å². The van der Waals surface area contributed by atoms with Crippen molar-refractivity contribution in [1.82, 2.24) is 4.57 Å². The Morgan fingerprint density at radius 3 is 1.96 bits per heavy atom. The number of benzene rings is 3. The van der Waals surface area contributed by atoms with Crippen LogP contribution in [0.2, 0.25) is 0 Å². The smallest absolute Gasteiger partial charge is 0.0823 e. The van der Waals surface area contributed by atoms with Crippen LogP contribution < -0.4 is 5.36 Å². The maximum absolute atomic E-state index is 4.99. The summed E-state index contributed by atoms with van der Waals surface area (Å²) >= 11 is 0. The van der Waals surface area contributed by atoms with Gasteiger partial charge in [0.15, 0.2) is 0 Å². The Morgan fingerprint density at radius 1 is 0.739 bits per heavy atom. The Bertz CT molecular complexity index is 1030. The number of aromatic nitrogens is 1. The number of fused-ring (bicyclic) bond motifs is 2. The predicted molar refractivity (Wildman–Crippen MR) is 96.8 cm³/mol. The largest absolute Gasteiger partial charge is 0.344 e.